The first-order chi connectivity index (χ1) is 18.8. The highest BCUT2D eigenvalue weighted by atomic mass is 16.5. The quantitative estimate of drug-likeness (QED) is 0.355. The number of methoxy groups -OCH3 is 2. The Morgan fingerprint density at radius 3 is 2.33 bits per heavy atom. The summed E-state index contributed by atoms with van der Waals surface area (Å²) in [5, 5.41) is 14.0. The lowest BCUT2D eigenvalue weighted by atomic mass is 9.93. The standard InChI is InChI=1S/C30H43N3O6/c1-21(2)33(29(35)23-12-13-26(38-5)27(16-23)39-15-9-14-37-4)20-25-18-31-17-24(25)19-32(3)30(36)28(34)22-10-7-6-8-11-22/h6-8,10-13,16,21,24-25,28,31,34H,9,14-15,17-20H2,1-5H3/t24-,25-,28-/m0/s1. The van der Waals surface area contributed by atoms with Gasteiger partial charge in [-0.3, -0.25) is 9.59 Å². The number of hydrogen-bond donors (Lipinski definition) is 2. The third-order valence-electron chi connectivity index (χ3n) is 7.19. The molecule has 0 bridgehead atoms. The molecule has 2 aromatic rings. The molecule has 214 valence electrons. The van der Waals surface area contributed by atoms with Gasteiger partial charge in [0.25, 0.3) is 11.8 Å². The molecule has 1 heterocycles. The average Bonchev–Trinajstić information content (AvgIpc) is 3.39. The van der Waals surface area contributed by atoms with Crippen molar-refractivity contribution in [2.24, 2.45) is 11.8 Å². The first kappa shape index (κ1) is 30.4. The van der Waals surface area contributed by atoms with E-state index in [1.165, 1.54) is 0 Å². The second-order valence-electron chi connectivity index (χ2n) is 10.3. The third kappa shape index (κ3) is 8.17. The second-order valence-corrected chi connectivity index (χ2v) is 10.3. The summed E-state index contributed by atoms with van der Waals surface area (Å²) >= 11 is 0. The summed E-state index contributed by atoms with van der Waals surface area (Å²) in [6, 6.07) is 14.2. The maximum Gasteiger partial charge on any atom is 0.255 e. The van der Waals surface area contributed by atoms with Crippen molar-refractivity contribution in [1.82, 2.24) is 15.1 Å². The van der Waals surface area contributed by atoms with E-state index in [2.05, 4.69) is 5.32 Å². The number of carbonyl (C=O) groups is 2. The highest BCUT2D eigenvalue weighted by molar-refractivity contribution is 5.95. The SMILES string of the molecule is COCCCOc1cc(C(=O)N(C[C@@H]2CNC[C@H]2CN(C)C(=O)[C@@H](O)c2ccccc2)C(C)C)ccc1OC. The zero-order valence-electron chi connectivity index (χ0n) is 23.8. The van der Waals surface area contributed by atoms with E-state index in [0.717, 1.165) is 19.5 Å². The summed E-state index contributed by atoms with van der Waals surface area (Å²) in [6.45, 7) is 7.59. The van der Waals surface area contributed by atoms with Crippen LogP contribution in [0.15, 0.2) is 48.5 Å². The van der Waals surface area contributed by atoms with E-state index in [1.54, 1.807) is 68.6 Å². The Hall–Kier alpha value is -3.14. The van der Waals surface area contributed by atoms with Crippen molar-refractivity contribution >= 4 is 11.8 Å². The van der Waals surface area contributed by atoms with Crippen molar-refractivity contribution < 1.29 is 28.9 Å². The molecule has 0 saturated carbocycles. The molecule has 3 rings (SSSR count). The minimum absolute atomic E-state index is 0.0220. The molecular formula is C30H43N3O6. The van der Waals surface area contributed by atoms with Crippen LogP contribution in [0.3, 0.4) is 0 Å². The van der Waals surface area contributed by atoms with Gasteiger partial charge >= 0.3 is 0 Å². The van der Waals surface area contributed by atoms with E-state index in [-0.39, 0.29) is 29.7 Å². The van der Waals surface area contributed by atoms with Gasteiger partial charge in [-0.1, -0.05) is 30.3 Å². The Labute approximate surface area is 232 Å². The molecule has 9 heteroatoms. The van der Waals surface area contributed by atoms with Crippen molar-refractivity contribution in [3.05, 3.63) is 59.7 Å². The van der Waals surface area contributed by atoms with Crippen LogP contribution >= 0.6 is 0 Å². The molecular weight excluding hydrogens is 498 g/mol. The fourth-order valence-electron chi connectivity index (χ4n) is 4.90. The van der Waals surface area contributed by atoms with E-state index in [4.69, 9.17) is 14.2 Å². The van der Waals surface area contributed by atoms with Crippen LogP contribution in [-0.4, -0.2) is 93.4 Å². The number of nitrogens with one attached hydrogen (secondary N) is 1. The van der Waals surface area contributed by atoms with Gasteiger partial charge in [0.1, 0.15) is 0 Å². The molecule has 39 heavy (non-hydrogen) atoms. The molecule has 0 aromatic heterocycles. The monoisotopic (exact) mass is 541 g/mol. The molecule has 0 radical (unpaired) electrons. The van der Waals surface area contributed by atoms with Crippen molar-refractivity contribution in [2.45, 2.75) is 32.4 Å². The number of ether oxygens (including phenoxy) is 3. The fraction of sp³-hybridized carbons (Fsp3) is 0.533. The number of carbonyl (C=O) groups excluding carboxylic acids is 2. The molecule has 2 N–H and O–H groups in total. The van der Waals surface area contributed by atoms with E-state index in [9.17, 15) is 14.7 Å². The molecule has 3 atom stereocenters. The van der Waals surface area contributed by atoms with E-state index >= 15 is 0 Å². The van der Waals surface area contributed by atoms with Crippen molar-refractivity contribution in [1.29, 1.82) is 0 Å². The van der Waals surface area contributed by atoms with E-state index < -0.39 is 6.10 Å². The highest BCUT2D eigenvalue weighted by Crippen LogP contribution is 2.30. The first-order valence-electron chi connectivity index (χ1n) is 13.6. The minimum atomic E-state index is -1.20. The van der Waals surface area contributed by atoms with Crippen LogP contribution in [0, 0.1) is 11.8 Å². The normalized spacial score (nSPS) is 17.6. The number of rotatable bonds is 14. The summed E-state index contributed by atoms with van der Waals surface area (Å²) in [5.41, 5.74) is 1.11. The van der Waals surface area contributed by atoms with E-state index in [0.29, 0.717) is 48.9 Å². The number of likely N-dealkylation sites (N-methyl/N-ethyl adjacent to an activating group) is 1. The van der Waals surface area contributed by atoms with Crippen molar-refractivity contribution in [2.75, 3.05) is 60.7 Å². The zero-order chi connectivity index (χ0) is 28.4. The molecule has 1 aliphatic rings. The highest BCUT2D eigenvalue weighted by Gasteiger charge is 2.34. The molecule has 0 aliphatic carbocycles. The van der Waals surface area contributed by atoms with Gasteiger partial charge in [0.2, 0.25) is 0 Å². The lowest BCUT2D eigenvalue weighted by Gasteiger charge is -2.33. The maximum atomic E-state index is 13.7. The van der Waals surface area contributed by atoms with Crippen LogP contribution in [0.2, 0.25) is 0 Å². The molecule has 0 spiro atoms. The largest absolute Gasteiger partial charge is 0.493 e. The predicted octanol–water partition coefficient (Wildman–Crippen LogP) is 2.99. The second kappa shape index (κ2) is 14.9. The van der Waals surface area contributed by atoms with Crippen LogP contribution in [0.1, 0.15) is 42.3 Å². The molecule has 2 aromatic carbocycles. The number of hydrogen-bond acceptors (Lipinski definition) is 7. The Balaban J connectivity index is 1.68. The first-order valence-corrected chi connectivity index (χ1v) is 13.6. The third-order valence-corrected chi connectivity index (χ3v) is 7.19. The van der Waals surface area contributed by atoms with Crippen molar-refractivity contribution in [3.63, 3.8) is 0 Å². The van der Waals surface area contributed by atoms with Gasteiger partial charge in [0.15, 0.2) is 17.6 Å². The van der Waals surface area contributed by atoms with Crippen LogP contribution in [0.25, 0.3) is 0 Å². The summed E-state index contributed by atoms with van der Waals surface area (Å²) < 4.78 is 16.4. The Morgan fingerprint density at radius 1 is 1.00 bits per heavy atom. The lowest BCUT2D eigenvalue weighted by molar-refractivity contribution is -0.139. The van der Waals surface area contributed by atoms with Gasteiger partial charge in [-0.25, -0.2) is 0 Å². The molecule has 1 fully saturated rings. The van der Waals surface area contributed by atoms with Crippen LogP contribution < -0.4 is 14.8 Å². The zero-order valence-corrected chi connectivity index (χ0v) is 23.8. The minimum Gasteiger partial charge on any atom is -0.493 e. The Morgan fingerprint density at radius 2 is 1.69 bits per heavy atom. The molecule has 2 amide bonds. The number of nitrogens with zero attached hydrogens (tertiary/aromatic N) is 2. The maximum absolute atomic E-state index is 13.7. The van der Waals surface area contributed by atoms with Crippen LogP contribution in [-0.2, 0) is 9.53 Å². The molecule has 0 unspecified atom stereocenters. The Bertz CT molecular complexity index is 1060. The number of amides is 2. The summed E-state index contributed by atoms with van der Waals surface area (Å²) in [4.78, 5) is 30.1. The van der Waals surface area contributed by atoms with Crippen molar-refractivity contribution in [3.8, 4) is 11.5 Å². The topological polar surface area (TPSA) is 101 Å². The smallest absolute Gasteiger partial charge is 0.255 e. The summed E-state index contributed by atoms with van der Waals surface area (Å²) in [5.74, 6) is 0.991. The van der Waals surface area contributed by atoms with Gasteiger partial charge in [-0.15, -0.1) is 0 Å². The van der Waals surface area contributed by atoms with Crippen LogP contribution in [0.5, 0.6) is 11.5 Å². The molecule has 9 nitrogen and oxygen atoms in total. The summed E-state index contributed by atoms with van der Waals surface area (Å²) in [7, 11) is 4.95. The van der Waals surface area contributed by atoms with E-state index in [1.807, 2.05) is 24.8 Å². The molecule has 1 aliphatic heterocycles. The van der Waals surface area contributed by atoms with Crippen LogP contribution in [0.4, 0.5) is 0 Å². The average molecular weight is 542 g/mol. The van der Waals surface area contributed by atoms with Gasteiger partial charge in [-0.2, -0.15) is 0 Å². The molecule has 1 saturated heterocycles. The van der Waals surface area contributed by atoms with Gasteiger partial charge in [0.05, 0.1) is 13.7 Å². The Kier molecular flexibility index (Phi) is 11.6. The number of benzene rings is 2. The van der Waals surface area contributed by atoms with Gasteiger partial charge in [-0.05, 0) is 49.4 Å². The predicted molar refractivity (Wildman–Crippen MR) is 150 cm³/mol. The summed E-state index contributed by atoms with van der Waals surface area (Å²) in [6.07, 6.45) is -0.468. The fourth-order valence-corrected chi connectivity index (χ4v) is 4.90. The number of aliphatic hydroxyl groups excluding tert-OH is 1. The van der Waals surface area contributed by atoms with Gasteiger partial charge in [0, 0.05) is 65.0 Å². The lowest BCUT2D eigenvalue weighted by Crippen LogP contribution is -2.44. The number of aliphatic hydroxyl groups is 1. The van der Waals surface area contributed by atoms with Gasteiger partial charge < -0.3 is 34.4 Å².